The monoisotopic (exact) mass is 163 g/mol. The van der Waals surface area contributed by atoms with Gasteiger partial charge in [-0.2, -0.15) is 0 Å². The van der Waals surface area contributed by atoms with E-state index in [0.29, 0.717) is 0 Å². The topological polar surface area (TPSA) is 12.0 Å². The highest BCUT2D eigenvalue weighted by molar-refractivity contribution is 5.15. The average molecular weight is 163 g/mol. The Hall–Kier alpha value is -0.820. The molecule has 0 saturated heterocycles. The summed E-state index contributed by atoms with van der Waals surface area (Å²) in [5.74, 6) is 0.720. The zero-order valence-electron chi connectivity index (χ0n) is 7.88. The lowest BCUT2D eigenvalue weighted by atomic mass is 10.0. The van der Waals surface area contributed by atoms with Crippen molar-refractivity contribution in [3.05, 3.63) is 35.9 Å². The molecular formula is C11H17N. The second-order valence-electron chi connectivity index (χ2n) is 3.35. The summed E-state index contributed by atoms with van der Waals surface area (Å²) in [5, 5.41) is 3.19. The summed E-state index contributed by atoms with van der Waals surface area (Å²) < 4.78 is 0. The van der Waals surface area contributed by atoms with E-state index in [2.05, 4.69) is 42.6 Å². The molecule has 0 saturated carbocycles. The standard InChI is InChI=1S/C11H17N/c1-10(9-12-2)8-11-6-4-3-5-7-11/h3-7,10,12H,8-9H2,1-2H3/t10-/m1/s1. The van der Waals surface area contributed by atoms with Gasteiger partial charge in [-0.3, -0.25) is 0 Å². The maximum Gasteiger partial charge on any atom is -0.00230 e. The first-order chi connectivity index (χ1) is 5.83. The van der Waals surface area contributed by atoms with Gasteiger partial charge in [-0.25, -0.2) is 0 Å². The van der Waals surface area contributed by atoms with Crippen LogP contribution >= 0.6 is 0 Å². The molecule has 0 aliphatic carbocycles. The minimum absolute atomic E-state index is 0.720. The molecule has 1 aromatic carbocycles. The van der Waals surface area contributed by atoms with Crippen LogP contribution in [0.1, 0.15) is 12.5 Å². The third-order valence-corrected chi connectivity index (χ3v) is 1.98. The van der Waals surface area contributed by atoms with E-state index in [1.54, 1.807) is 0 Å². The van der Waals surface area contributed by atoms with Crippen molar-refractivity contribution in [2.24, 2.45) is 5.92 Å². The Morgan fingerprint density at radius 1 is 1.25 bits per heavy atom. The Bertz CT molecular complexity index is 206. The SMILES string of the molecule is CNC[C@H](C)Cc1ccccc1. The molecule has 0 aliphatic rings. The van der Waals surface area contributed by atoms with Crippen LogP contribution in [0.3, 0.4) is 0 Å². The van der Waals surface area contributed by atoms with Gasteiger partial charge in [0.15, 0.2) is 0 Å². The molecule has 0 aromatic heterocycles. The molecule has 0 bridgehead atoms. The van der Waals surface area contributed by atoms with E-state index in [0.717, 1.165) is 12.5 Å². The second-order valence-corrected chi connectivity index (χ2v) is 3.35. The lowest BCUT2D eigenvalue weighted by Crippen LogP contribution is -2.17. The highest BCUT2D eigenvalue weighted by atomic mass is 14.8. The van der Waals surface area contributed by atoms with Crippen LogP contribution in [-0.2, 0) is 6.42 Å². The molecular weight excluding hydrogens is 146 g/mol. The zero-order chi connectivity index (χ0) is 8.81. The lowest BCUT2D eigenvalue weighted by Gasteiger charge is -2.09. The van der Waals surface area contributed by atoms with E-state index >= 15 is 0 Å². The fraction of sp³-hybridized carbons (Fsp3) is 0.455. The summed E-state index contributed by atoms with van der Waals surface area (Å²) in [4.78, 5) is 0. The highest BCUT2D eigenvalue weighted by Gasteiger charge is 2.00. The molecule has 0 spiro atoms. The van der Waals surface area contributed by atoms with Crippen molar-refractivity contribution >= 4 is 0 Å². The molecule has 0 amide bonds. The van der Waals surface area contributed by atoms with Crippen LogP contribution in [0.4, 0.5) is 0 Å². The van der Waals surface area contributed by atoms with Gasteiger partial charge < -0.3 is 5.32 Å². The van der Waals surface area contributed by atoms with E-state index in [1.165, 1.54) is 12.0 Å². The summed E-state index contributed by atoms with van der Waals surface area (Å²) in [6.45, 7) is 3.36. The molecule has 0 aliphatic heterocycles. The molecule has 1 rings (SSSR count). The van der Waals surface area contributed by atoms with Gasteiger partial charge in [0.05, 0.1) is 0 Å². The fourth-order valence-electron chi connectivity index (χ4n) is 1.44. The quantitative estimate of drug-likeness (QED) is 0.716. The number of hydrogen-bond acceptors (Lipinski definition) is 1. The number of benzene rings is 1. The van der Waals surface area contributed by atoms with E-state index in [-0.39, 0.29) is 0 Å². The molecule has 1 nitrogen and oxygen atoms in total. The fourth-order valence-corrected chi connectivity index (χ4v) is 1.44. The van der Waals surface area contributed by atoms with Crippen LogP contribution in [0.15, 0.2) is 30.3 Å². The van der Waals surface area contributed by atoms with Crippen LogP contribution in [0.5, 0.6) is 0 Å². The summed E-state index contributed by atoms with van der Waals surface area (Å²) in [7, 11) is 2.00. The smallest absolute Gasteiger partial charge is 0.00230 e. The van der Waals surface area contributed by atoms with Crippen molar-refractivity contribution in [3.63, 3.8) is 0 Å². The minimum Gasteiger partial charge on any atom is -0.319 e. The lowest BCUT2D eigenvalue weighted by molar-refractivity contribution is 0.542. The predicted molar refractivity (Wildman–Crippen MR) is 53.2 cm³/mol. The molecule has 0 radical (unpaired) electrons. The Kier molecular flexibility index (Phi) is 3.81. The molecule has 0 fully saturated rings. The Balaban J connectivity index is 2.41. The van der Waals surface area contributed by atoms with Gasteiger partial charge in [-0.1, -0.05) is 37.3 Å². The van der Waals surface area contributed by atoms with Crippen molar-refractivity contribution in [3.8, 4) is 0 Å². The van der Waals surface area contributed by atoms with Gasteiger partial charge in [0.25, 0.3) is 0 Å². The predicted octanol–water partition coefficient (Wildman–Crippen LogP) is 2.08. The maximum absolute atomic E-state index is 3.19. The van der Waals surface area contributed by atoms with Crippen molar-refractivity contribution in [1.29, 1.82) is 0 Å². The summed E-state index contributed by atoms with van der Waals surface area (Å²) in [5.41, 5.74) is 1.43. The van der Waals surface area contributed by atoms with Crippen molar-refractivity contribution < 1.29 is 0 Å². The molecule has 66 valence electrons. The van der Waals surface area contributed by atoms with Crippen molar-refractivity contribution in [2.45, 2.75) is 13.3 Å². The van der Waals surface area contributed by atoms with Crippen LogP contribution in [-0.4, -0.2) is 13.6 Å². The van der Waals surface area contributed by atoms with Gasteiger partial charge in [-0.05, 0) is 31.5 Å². The average Bonchev–Trinajstić information content (AvgIpc) is 2.06. The highest BCUT2D eigenvalue weighted by Crippen LogP contribution is 2.06. The van der Waals surface area contributed by atoms with Crippen LogP contribution in [0.25, 0.3) is 0 Å². The van der Waals surface area contributed by atoms with Gasteiger partial charge in [0.2, 0.25) is 0 Å². The Morgan fingerprint density at radius 2 is 1.92 bits per heavy atom. The zero-order valence-corrected chi connectivity index (χ0v) is 7.88. The Morgan fingerprint density at radius 3 is 2.50 bits per heavy atom. The van der Waals surface area contributed by atoms with Gasteiger partial charge in [0, 0.05) is 0 Å². The summed E-state index contributed by atoms with van der Waals surface area (Å²) in [6, 6.07) is 10.6. The first kappa shape index (κ1) is 9.27. The molecule has 12 heavy (non-hydrogen) atoms. The van der Waals surface area contributed by atoms with E-state index < -0.39 is 0 Å². The van der Waals surface area contributed by atoms with Crippen LogP contribution in [0.2, 0.25) is 0 Å². The van der Waals surface area contributed by atoms with Crippen molar-refractivity contribution in [2.75, 3.05) is 13.6 Å². The first-order valence-electron chi connectivity index (χ1n) is 4.51. The van der Waals surface area contributed by atoms with Gasteiger partial charge in [-0.15, -0.1) is 0 Å². The third-order valence-electron chi connectivity index (χ3n) is 1.98. The largest absolute Gasteiger partial charge is 0.319 e. The van der Waals surface area contributed by atoms with Crippen LogP contribution < -0.4 is 5.32 Å². The maximum atomic E-state index is 3.19. The normalized spacial score (nSPS) is 12.8. The molecule has 1 atom stereocenters. The number of hydrogen-bond donors (Lipinski definition) is 1. The molecule has 1 heteroatoms. The molecule has 1 N–H and O–H groups in total. The van der Waals surface area contributed by atoms with Crippen LogP contribution in [0, 0.1) is 5.92 Å². The number of rotatable bonds is 4. The minimum atomic E-state index is 0.720. The summed E-state index contributed by atoms with van der Waals surface area (Å²) >= 11 is 0. The molecule has 0 unspecified atom stereocenters. The molecule has 0 heterocycles. The van der Waals surface area contributed by atoms with Gasteiger partial charge in [0.1, 0.15) is 0 Å². The number of nitrogens with one attached hydrogen (secondary N) is 1. The summed E-state index contributed by atoms with van der Waals surface area (Å²) in [6.07, 6.45) is 1.17. The van der Waals surface area contributed by atoms with E-state index in [1.807, 2.05) is 7.05 Å². The first-order valence-corrected chi connectivity index (χ1v) is 4.51. The third kappa shape index (κ3) is 3.05. The Labute approximate surface area is 74.8 Å². The van der Waals surface area contributed by atoms with Crippen molar-refractivity contribution in [1.82, 2.24) is 5.32 Å². The second kappa shape index (κ2) is 4.94. The molecule has 1 aromatic rings. The van der Waals surface area contributed by atoms with Gasteiger partial charge >= 0.3 is 0 Å². The van der Waals surface area contributed by atoms with E-state index in [4.69, 9.17) is 0 Å². The van der Waals surface area contributed by atoms with E-state index in [9.17, 15) is 0 Å².